The molecule has 0 aliphatic heterocycles. The van der Waals surface area contributed by atoms with Crippen LogP contribution in [0.4, 0.5) is 9.39 Å². The van der Waals surface area contributed by atoms with Crippen molar-refractivity contribution in [2.75, 3.05) is 17.7 Å². The maximum absolute atomic E-state index is 13.6. The molecule has 1 unspecified atom stereocenters. The highest BCUT2D eigenvalue weighted by Crippen LogP contribution is 2.36. The number of allylic oxidation sites excluding steroid dienone is 1. The summed E-state index contributed by atoms with van der Waals surface area (Å²) in [7, 11) is -1.18. The predicted octanol–water partition coefficient (Wildman–Crippen LogP) is 4.14. The zero-order valence-corrected chi connectivity index (χ0v) is 20.8. The van der Waals surface area contributed by atoms with Gasteiger partial charge in [-0.2, -0.15) is 5.26 Å². The lowest BCUT2D eigenvalue weighted by molar-refractivity contribution is 0.622. The van der Waals surface area contributed by atoms with E-state index in [0.29, 0.717) is 10.6 Å². The zero-order chi connectivity index (χ0) is 24.2. The first kappa shape index (κ1) is 24.5. The highest BCUT2D eigenvalue weighted by molar-refractivity contribution is 8.00. The van der Waals surface area contributed by atoms with E-state index in [-0.39, 0.29) is 17.4 Å². The Morgan fingerprint density at radius 1 is 1.36 bits per heavy atom. The lowest BCUT2D eigenvalue weighted by atomic mass is 10.1. The van der Waals surface area contributed by atoms with Gasteiger partial charge < -0.3 is 4.90 Å². The average Bonchev–Trinajstić information content (AvgIpc) is 3.16. The van der Waals surface area contributed by atoms with E-state index >= 15 is 0 Å². The molecule has 7 nitrogen and oxygen atoms in total. The van der Waals surface area contributed by atoms with Crippen molar-refractivity contribution in [2.45, 2.75) is 26.5 Å². The fourth-order valence-electron chi connectivity index (χ4n) is 3.49. The first-order chi connectivity index (χ1) is 15.6. The van der Waals surface area contributed by atoms with Gasteiger partial charge in [-0.1, -0.05) is 30.9 Å². The molecule has 0 aliphatic carbocycles. The monoisotopic (exact) mass is 486 g/mol. The second-order valence-electron chi connectivity index (χ2n) is 8.01. The second-order valence-corrected chi connectivity index (χ2v) is 11.7. The number of pyridine rings is 2. The molecule has 0 saturated carbocycles. The summed E-state index contributed by atoms with van der Waals surface area (Å²) in [6.45, 7) is 9.92. The molecule has 3 aromatic rings. The topological polar surface area (TPSA) is 94.8 Å². The number of hydrogen-bond acceptors (Lipinski definition) is 7. The minimum absolute atomic E-state index is 0.180. The van der Waals surface area contributed by atoms with Crippen molar-refractivity contribution in [1.82, 2.24) is 19.7 Å². The van der Waals surface area contributed by atoms with E-state index in [0.717, 1.165) is 33.8 Å². The minimum atomic E-state index is -3.06. The Balaban J connectivity index is 1.77. The first-order valence-corrected chi connectivity index (χ1v) is 13.2. The van der Waals surface area contributed by atoms with E-state index in [1.807, 2.05) is 51.0 Å². The summed E-state index contributed by atoms with van der Waals surface area (Å²) in [5, 5.41) is 10.7. The molecule has 0 bridgehead atoms. The van der Waals surface area contributed by atoms with Crippen LogP contribution < -0.4 is 9.62 Å². The molecule has 0 amide bonds. The number of aryl methyl sites for hydroxylation is 2. The van der Waals surface area contributed by atoms with Crippen LogP contribution in [0.3, 0.4) is 0 Å². The van der Waals surface area contributed by atoms with E-state index in [1.165, 1.54) is 17.4 Å². The molecule has 1 atom stereocenters. The van der Waals surface area contributed by atoms with Gasteiger partial charge in [0, 0.05) is 53.8 Å². The largest absolute Gasteiger partial charge is 0.339 e. The molecular formula is C23H27FN6OS2. The third kappa shape index (κ3) is 6.00. The number of nitriles is 1. The summed E-state index contributed by atoms with van der Waals surface area (Å²) in [5.41, 5.74) is 3.81. The number of anilines is 1. The van der Waals surface area contributed by atoms with E-state index in [9.17, 15) is 13.9 Å². The summed E-state index contributed by atoms with van der Waals surface area (Å²) >= 11 is 1.41. The van der Waals surface area contributed by atoms with Crippen molar-refractivity contribution in [2.24, 2.45) is 5.92 Å². The lowest BCUT2D eigenvalue weighted by Crippen LogP contribution is -2.37. The number of rotatable bonds is 9. The van der Waals surface area contributed by atoms with Crippen molar-refractivity contribution in [3.63, 3.8) is 0 Å². The van der Waals surface area contributed by atoms with Gasteiger partial charge >= 0.3 is 0 Å². The third-order valence-corrected chi connectivity index (χ3v) is 9.07. The predicted molar refractivity (Wildman–Crippen MR) is 133 cm³/mol. The maximum Gasteiger partial charge on any atom is 0.187 e. The molecule has 10 heteroatoms. The molecule has 174 valence electrons. The van der Waals surface area contributed by atoms with Gasteiger partial charge in [-0.25, -0.2) is 9.37 Å². The second kappa shape index (κ2) is 10.2. The highest BCUT2D eigenvalue weighted by atomic mass is 32.3. The number of aromatic nitrogens is 3. The van der Waals surface area contributed by atoms with Crippen LogP contribution in [0, 0.1) is 37.0 Å². The van der Waals surface area contributed by atoms with E-state index in [1.54, 1.807) is 12.4 Å². The van der Waals surface area contributed by atoms with Crippen LogP contribution in [0.5, 0.6) is 0 Å². The molecule has 0 fully saturated rings. The Labute approximate surface area is 198 Å². The standard InChI is InChI=1S/C23H27FN6OS2/c1-15(12-33(31,28-14-25)13-19-7-6-16(2)27-9-19)18(4)30(5)23-17(3)29-22(32-23)20-8-21(24)11-26-10-20/h6-11,15,33H,4,12-13H2,1-3,5H3,(H,28,31). The molecule has 0 aliphatic rings. The Bertz CT molecular complexity index is 1230. The molecule has 0 radical (unpaired) electrons. The van der Waals surface area contributed by atoms with Crippen molar-refractivity contribution in [1.29, 1.82) is 5.26 Å². The first-order valence-electron chi connectivity index (χ1n) is 10.3. The van der Waals surface area contributed by atoms with Crippen molar-refractivity contribution in [3.05, 3.63) is 71.8 Å². The summed E-state index contributed by atoms with van der Waals surface area (Å²) in [6.07, 6.45) is 6.28. The Morgan fingerprint density at radius 3 is 2.76 bits per heavy atom. The molecule has 0 aromatic carbocycles. The molecule has 0 spiro atoms. The lowest BCUT2D eigenvalue weighted by Gasteiger charge is -2.30. The molecule has 1 N–H and O–H groups in total. The Morgan fingerprint density at radius 2 is 2.12 bits per heavy atom. The van der Waals surface area contributed by atoms with E-state index in [4.69, 9.17) is 0 Å². The molecular weight excluding hydrogens is 459 g/mol. The normalized spacial score (nSPS) is 12.6. The Hall–Kier alpha value is -3.16. The van der Waals surface area contributed by atoms with Crippen LogP contribution in [-0.2, 0) is 15.9 Å². The summed E-state index contributed by atoms with van der Waals surface area (Å²) in [4.78, 5) is 14.6. The van der Waals surface area contributed by atoms with Crippen LogP contribution in [0.15, 0.2) is 49.1 Å². The van der Waals surface area contributed by atoms with E-state index in [2.05, 4.69) is 26.3 Å². The van der Waals surface area contributed by atoms with Crippen molar-refractivity contribution < 1.29 is 8.60 Å². The van der Waals surface area contributed by atoms with Gasteiger partial charge in [-0.05, 0) is 41.7 Å². The molecule has 3 heterocycles. The van der Waals surface area contributed by atoms with Gasteiger partial charge in [0.05, 0.1) is 11.9 Å². The highest BCUT2D eigenvalue weighted by Gasteiger charge is 2.24. The van der Waals surface area contributed by atoms with Crippen LogP contribution in [0.1, 0.15) is 23.9 Å². The summed E-state index contributed by atoms with van der Waals surface area (Å²) in [5.74, 6) is -0.111. The van der Waals surface area contributed by atoms with Gasteiger partial charge in [-0.15, -0.1) is 0 Å². The molecule has 3 rings (SSSR count). The van der Waals surface area contributed by atoms with Gasteiger partial charge in [-0.3, -0.25) is 18.9 Å². The fraction of sp³-hybridized carbons (Fsp3) is 0.304. The Kier molecular flexibility index (Phi) is 7.56. The molecule has 3 aromatic heterocycles. The number of nitrogens with one attached hydrogen (secondary N) is 1. The number of thiol groups is 1. The van der Waals surface area contributed by atoms with Gasteiger partial charge in [0.1, 0.15) is 15.8 Å². The van der Waals surface area contributed by atoms with Crippen LogP contribution in [-0.4, -0.2) is 32.0 Å². The minimum Gasteiger partial charge on any atom is -0.339 e. The smallest absolute Gasteiger partial charge is 0.187 e. The molecule has 0 saturated heterocycles. The van der Waals surface area contributed by atoms with Gasteiger partial charge in [0.25, 0.3) is 0 Å². The number of halogens is 1. The van der Waals surface area contributed by atoms with Crippen LogP contribution >= 0.6 is 11.3 Å². The van der Waals surface area contributed by atoms with Crippen LogP contribution in [0.25, 0.3) is 10.6 Å². The number of thiazole rings is 1. The molecule has 33 heavy (non-hydrogen) atoms. The summed E-state index contributed by atoms with van der Waals surface area (Å²) in [6, 6.07) is 5.14. The quantitative estimate of drug-likeness (QED) is 0.268. The van der Waals surface area contributed by atoms with Crippen molar-refractivity contribution >= 4 is 26.5 Å². The average molecular weight is 487 g/mol. The van der Waals surface area contributed by atoms with Gasteiger partial charge in [0.15, 0.2) is 6.19 Å². The maximum atomic E-state index is 13.6. The third-order valence-electron chi connectivity index (χ3n) is 5.26. The van der Waals surface area contributed by atoms with Gasteiger partial charge in [0.2, 0.25) is 0 Å². The fourth-order valence-corrected chi connectivity index (χ4v) is 6.89. The zero-order valence-electron chi connectivity index (χ0n) is 19.0. The van der Waals surface area contributed by atoms with E-state index < -0.39 is 15.9 Å². The van der Waals surface area contributed by atoms with Crippen molar-refractivity contribution in [3.8, 4) is 16.8 Å². The summed E-state index contributed by atoms with van der Waals surface area (Å²) < 4.78 is 29.7. The van der Waals surface area contributed by atoms with Crippen LogP contribution in [0.2, 0.25) is 0 Å². The number of hydrogen-bond donors (Lipinski definition) is 2. The number of nitrogens with zero attached hydrogens (tertiary/aromatic N) is 5. The SMILES string of the molecule is C=C(C(C)C[SH](=O)(Cc1ccc(C)nc1)NC#N)N(C)c1sc(-c2cncc(F)c2)nc1C.